The predicted molar refractivity (Wildman–Crippen MR) is 144 cm³/mol. The molecule has 2 heterocycles. The third-order valence-corrected chi connectivity index (χ3v) is 8.15. The number of nitrogens with zero attached hydrogens (tertiary/aromatic N) is 3. The number of hydrogen-bond donors (Lipinski definition) is 5. The highest BCUT2D eigenvalue weighted by molar-refractivity contribution is 8.01. The molecular formula is C27H25N7O5S. The summed E-state index contributed by atoms with van der Waals surface area (Å²) < 4.78 is -0.754. The van der Waals surface area contributed by atoms with Crippen molar-refractivity contribution in [1.82, 2.24) is 20.9 Å². The lowest BCUT2D eigenvalue weighted by atomic mass is 9.95. The molecule has 0 aromatic heterocycles. The Morgan fingerprint density at radius 1 is 1.12 bits per heavy atom. The van der Waals surface area contributed by atoms with Gasteiger partial charge in [-0.2, -0.15) is 10.5 Å². The van der Waals surface area contributed by atoms with E-state index in [2.05, 4.69) is 16.0 Å². The number of aliphatic carboxylic acids is 1. The fourth-order valence-electron chi connectivity index (χ4n) is 4.71. The lowest BCUT2D eigenvalue weighted by Gasteiger charge is -2.44. The number of hydrogen-bond acceptors (Lipinski definition) is 8. The summed E-state index contributed by atoms with van der Waals surface area (Å²) >= 11 is 1.29. The van der Waals surface area contributed by atoms with Crippen LogP contribution in [-0.2, 0) is 19.2 Å². The molecule has 4 atom stereocenters. The van der Waals surface area contributed by atoms with Crippen molar-refractivity contribution in [2.24, 2.45) is 0 Å². The number of carboxylic acid groups (broad SMARTS) is 1. The number of amides is 3. The zero-order chi connectivity index (χ0) is 29.2. The van der Waals surface area contributed by atoms with Gasteiger partial charge in [-0.05, 0) is 37.6 Å². The second-order valence-electron chi connectivity index (χ2n) is 9.75. The second-order valence-corrected chi connectivity index (χ2v) is 11.5. The number of nitriles is 2. The number of carbonyl (C=O) groups is 4. The molecule has 12 nitrogen and oxygen atoms in total. The molecule has 2 aromatic carbocycles. The number of β-lactam (4-membered cyclic amide) rings is 1. The molecule has 4 rings (SSSR count). The van der Waals surface area contributed by atoms with E-state index in [1.165, 1.54) is 34.9 Å². The molecule has 1 unspecified atom stereocenters. The van der Waals surface area contributed by atoms with Crippen LogP contribution >= 0.6 is 11.8 Å². The number of benzene rings is 2. The van der Waals surface area contributed by atoms with E-state index in [1.54, 1.807) is 44.2 Å². The van der Waals surface area contributed by atoms with Crippen molar-refractivity contribution in [2.75, 3.05) is 6.54 Å². The highest BCUT2D eigenvalue weighted by Gasteiger charge is 2.64. The van der Waals surface area contributed by atoms with Crippen molar-refractivity contribution in [3.05, 3.63) is 70.8 Å². The summed E-state index contributed by atoms with van der Waals surface area (Å²) in [5, 5.41) is 43.5. The first-order chi connectivity index (χ1) is 19.0. The van der Waals surface area contributed by atoms with Gasteiger partial charge in [-0.1, -0.05) is 30.3 Å². The fraction of sp³-hybridized carbons (Fsp3) is 0.296. The Bertz CT molecular complexity index is 1450. The summed E-state index contributed by atoms with van der Waals surface area (Å²) in [4.78, 5) is 52.1. The SMILES string of the molecule is CC1(C)S[C@@H]2[C@H](NC(=O)C(NC(=O)CNC(=N)c3cc(C#N)cc(C#N)c3)c3ccccc3)C(=O)N2[C@H]1C(=O)O. The number of amidine groups is 1. The van der Waals surface area contributed by atoms with Crippen molar-refractivity contribution >= 4 is 41.3 Å². The van der Waals surface area contributed by atoms with Gasteiger partial charge in [0.15, 0.2) is 0 Å². The van der Waals surface area contributed by atoms with Gasteiger partial charge in [0, 0.05) is 10.3 Å². The molecule has 0 aliphatic carbocycles. The highest BCUT2D eigenvalue weighted by Crippen LogP contribution is 2.50. The zero-order valence-electron chi connectivity index (χ0n) is 21.5. The lowest BCUT2D eigenvalue weighted by molar-refractivity contribution is -0.161. The zero-order valence-corrected chi connectivity index (χ0v) is 22.3. The van der Waals surface area contributed by atoms with Gasteiger partial charge in [-0.3, -0.25) is 19.8 Å². The van der Waals surface area contributed by atoms with Gasteiger partial charge in [-0.25, -0.2) is 4.79 Å². The molecule has 2 aliphatic heterocycles. The summed E-state index contributed by atoms with van der Waals surface area (Å²) in [6.07, 6.45) is 0. The Kier molecular flexibility index (Phi) is 7.79. The Hall–Kier alpha value is -4.88. The van der Waals surface area contributed by atoms with E-state index < -0.39 is 58.5 Å². The van der Waals surface area contributed by atoms with Crippen LogP contribution in [0.3, 0.4) is 0 Å². The summed E-state index contributed by atoms with van der Waals surface area (Å²) in [5.74, 6) is -3.10. The number of thioether (sulfide) groups is 1. The van der Waals surface area contributed by atoms with Gasteiger partial charge in [-0.15, -0.1) is 11.8 Å². The lowest BCUT2D eigenvalue weighted by Crippen LogP contribution is -2.71. The van der Waals surface area contributed by atoms with Gasteiger partial charge in [0.1, 0.15) is 29.3 Å². The predicted octanol–water partition coefficient (Wildman–Crippen LogP) is 0.834. The molecular weight excluding hydrogens is 534 g/mol. The molecule has 2 aromatic rings. The number of carbonyl (C=O) groups excluding carboxylic acids is 3. The number of carboxylic acids is 1. The van der Waals surface area contributed by atoms with Crippen LogP contribution in [0.1, 0.15) is 42.1 Å². The molecule has 0 spiro atoms. The minimum atomic E-state index is -1.17. The van der Waals surface area contributed by atoms with Crippen LogP contribution in [-0.4, -0.2) is 68.3 Å². The van der Waals surface area contributed by atoms with E-state index in [9.17, 15) is 24.3 Å². The van der Waals surface area contributed by atoms with E-state index in [1.807, 2.05) is 12.1 Å². The van der Waals surface area contributed by atoms with Crippen LogP contribution in [0.5, 0.6) is 0 Å². The normalized spacial score (nSPS) is 21.1. The van der Waals surface area contributed by atoms with Crippen molar-refractivity contribution in [3.63, 3.8) is 0 Å². The summed E-state index contributed by atoms with van der Waals surface area (Å²) in [6, 6.07) is 13.3. The third kappa shape index (κ3) is 5.46. The first-order valence-electron chi connectivity index (χ1n) is 12.1. The van der Waals surface area contributed by atoms with Crippen LogP contribution in [0.2, 0.25) is 0 Å². The third-order valence-electron chi connectivity index (χ3n) is 6.58. The van der Waals surface area contributed by atoms with Gasteiger partial charge in [0.05, 0.1) is 29.8 Å². The van der Waals surface area contributed by atoms with Crippen molar-refractivity contribution in [2.45, 2.75) is 42.1 Å². The number of fused-ring (bicyclic) bond motifs is 1. The van der Waals surface area contributed by atoms with Crippen molar-refractivity contribution in [3.8, 4) is 12.1 Å². The van der Waals surface area contributed by atoms with E-state index in [4.69, 9.17) is 15.9 Å². The topological polar surface area (TPSA) is 199 Å². The van der Waals surface area contributed by atoms with Crippen LogP contribution < -0.4 is 16.0 Å². The van der Waals surface area contributed by atoms with Crippen molar-refractivity contribution in [1.29, 1.82) is 15.9 Å². The van der Waals surface area contributed by atoms with Crippen LogP contribution in [0.15, 0.2) is 48.5 Å². The highest BCUT2D eigenvalue weighted by atomic mass is 32.2. The van der Waals surface area contributed by atoms with Crippen molar-refractivity contribution < 1.29 is 24.3 Å². The average molecular weight is 560 g/mol. The summed E-state index contributed by atoms with van der Waals surface area (Å²) in [5.41, 5.74) is 1.07. The molecule has 0 radical (unpaired) electrons. The fourth-order valence-corrected chi connectivity index (χ4v) is 6.34. The Labute approximate surface area is 233 Å². The Balaban J connectivity index is 1.44. The standard InChI is InChI=1S/C27H25N7O5S/c1-27(2)21(26(38)39)34-24(37)20(25(34)40-27)33-23(36)19(16-6-4-3-5-7-16)32-18(35)13-31-22(30)17-9-14(11-28)8-15(10-17)12-29/h3-10,19-21,25H,13H2,1-2H3,(H2,30,31)(H,32,35)(H,33,36)(H,38,39)/t19?,20-,21+,25-/m1/s1. The quantitative estimate of drug-likeness (QED) is 0.177. The van der Waals surface area contributed by atoms with Crippen LogP contribution in [0, 0.1) is 28.1 Å². The second kappa shape index (κ2) is 11.1. The Morgan fingerprint density at radius 3 is 2.33 bits per heavy atom. The van der Waals surface area contributed by atoms with Gasteiger partial charge < -0.3 is 26.0 Å². The van der Waals surface area contributed by atoms with Gasteiger partial charge >= 0.3 is 5.97 Å². The number of rotatable bonds is 8. The Morgan fingerprint density at radius 2 is 1.75 bits per heavy atom. The monoisotopic (exact) mass is 559 g/mol. The average Bonchev–Trinajstić information content (AvgIpc) is 3.20. The van der Waals surface area contributed by atoms with E-state index in [0.29, 0.717) is 5.56 Å². The van der Waals surface area contributed by atoms with Gasteiger partial charge in [0.2, 0.25) is 17.7 Å². The summed E-state index contributed by atoms with van der Waals surface area (Å²) in [6.45, 7) is 3.07. The maximum absolute atomic E-state index is 13.3. The molecule has 2 fully saturated rings. The maximum Gasteiger partial charge on any atom is 0.327 e. The molecule has 13 heteroatoms. The molecule has 204 valence electrons. The molecule has 3 amide bonds. The largest absolute Gasteiger partial charge is 0.480 e. The first kappa shape index (κ1) is 28.1. The molecule has 0 saturated carbocycles. The molecule has 5 N–H and O–H groups in total. The van der Waals surface area contributed by atoms with E-state index in [0.717, 1.165) is 0 Å². The smallest absolute Gasteiger partial charge is 0.327 e. The molecule has 2 saturated heterocycles. The maximum atomic E-state index is 13.3. The molecule has 40 heavy (non-hydrogen) atoms. The molecule has 0 bridgehead atoms. The minimum Gasteiger partial charge on any atom is -0.480 e. The van der Waals surface area contributed by atoms with E-state index in [-0.39, 0.29) is 22.5 Å². The number of nitrogens with one attached hydrogen (secondary N) is 4. The molecule has 2 aliphatic rings. The van der Waals surface area contributed by atoms with Gasteiger partial charge in [0.25, 0.3) is 0 Å². The summed E-state index contributed by atoms with van der Waals surface area (Å²) in [7, 11) is 0. The van der Waals surface area contributed by atoms with E-state index >= 15 is 0 Å². The minimum absolute atomic E-state index is 0.188. The first-order valence-corrected chi connectivity index (χ1v) is 13.0. The van der Waals surface area contributed by atoms with Crippen LogP contribution in [0.25, 0.3) is 0 Å². The van der Waals surface area contributed by atoms with Crippen LogP contribution in [0.4, 0.5) is 0 Å².